The number of fused-ring (bicyclic) bond motifs is 1. The van der Waals surface area contributed by atoms with Crippen LogP contribution in [-0.4, -0.2) is 31.0 Å². The van der Waals surface area contributed by atoms with Crippen LogP contribution >= 0.6 is 11.6 Å². The maximum atomic E-state index is 11.9. The number of unbranched alkanes of at least 4 members (excludes halogenated alkanes) is 5. The number of hydrogen-bond donors (Lipinski definition) is 0. The first-order valence-corrected chi connectivity index (χ1v) is 11.5. The quantitative estimate of drug-likeness (QED) is 0.156. The van der Waals surface area contributed by atoms with Gasteiger partial charge in [0.1, 0.15) is 6.61 Å². The number of ether oxygens (including phenoxy) is 2. The molecule has 0 aromatic rings. The molecule has 2 unspecified atom stereocenters. The highest BCUT2D eigenvalue weighted by Crippen LogP contribution is 2.59. The SMILES string of the molecule is CC1(C)C2CC=C(COC(=O)CCCC(=O)OCCCCCCCCCl)C1C2. The molecule has 0 aliphatic heterocycles. The van der Waals surface area contributed by atoms with E-state index in [4.69, 9.17) is 21.1 Å². The lowest BCUT2D eigenvalue weighted by atomic mass is 9.49. The average molecular weight is 413 g/mol. The topological polar surface area (TPSA) is 52.6 Å². The fourth-order valence-corrected chi connectivity index (χ4v) is 4.60. The minimum Gasteiger partial charge on any atom is -0.466 e. The molecule has 0 saturated heterocycles. The average Bonchev–Trinajstić information content (AvgIpc) is 2.68. The van der Waals surface area contributed by atoms with Crippen molar-refractivity contribution in [1.29, 1.82) is 0 Å². The van der Waals surface area contributed by atoms with E-state index in [1.807, 2.05) is 0 Å². The Labute approximate surface area is 175 Å². The van der Waals surface area contributed by atoms with Gasteiger partial charge in [0.2, 0.25) is 0 Å². The van der Waals surface area contributed by atoms with Gasteiger partial charge in [0.25, 0.3) is 0 Å². The van der Waals surface area contributed by atoms with Crippen molar-refractivity contribution in [3.63, 3.8) is 0 Å². The van der Waals surface area contributed by atoms with Crippen LogP contribution in [0.5, 0.6) is 0 Å². The molecule has 0 N–H and O–H groups in total. The van der Waals surface area contributed by atoms with Crippen LogP contribution < -0.4 is 0 Å². The van der Waals surface area contributed by atoms with Gasteiger partial charge in [-0.05, 0) is 54.9 Å². The summed E-state index contributed by atoms with van der Waals surface area (Å²) in [6, 6.07) is 0. The summed E-state index contributed by atoms with van der Waals surface area (Å²) < 4.78 is 10.7. The molecule has 5 heteroatoms. The first-order valence-electron chi connectivity index (χ1n) is 11.0. The van der Waals surface area contributed by atoms with E-state index in [9.17, 15) is 9.59 Å². The molecule has 0 spiro atoms. The van der Waals surface area contributed by atoms with Gasteiger partial charge in [-0.3, -0.25) is 9.59 Å². The second-order valence-corrected chi connectivity index (χ2v) is 9.24. The van der Waals surface area contributed by atoms with E-state index in [1.54, 1.807) is 0 Å². The zero-order valence-corrected chi connectivity index (χ0v) is 18.4. The number of rotatable bonds is 14. The Bertz CT molecular complexity index is 541. The minimum absolute atomic E-state index is 0.216. The first kappa shape index (κ1) is 23.3. The third-order valence-electron chi connectivity index (χ3n) is 6.54. The van der Waals surface area contributed by atoms with Gasteiger partial charge in [0, 0.05) is 18.7 Å². The molecule has 0 aromatic carbocycles. The molecular weight excluding hydrogens is 376 g/mol. The van der Waals surface area contributed by atoms with E-state index in [1.165, 1.54) is 24.8 Å². The molecule has 0 amide bonds. The number of allylic oxidation sites excluding steroid dienone is 1. The Kier molecular flexibility index (Phi) is 9.84. The van der Waals surface area contributed by atoms with Gasteiger partial charge < -0.3 is 9.47 Å². The molecule has 3 rings (SSSR count). The number of carbonyl (C=O) groups excluding carboxylic acids is 2. The standard InChI is InChI=1S/C23H37ClO4/c1-23(2)19-13-12-18(20(23)16-19)17-28-22(26)11-9-10-21(25)27-15-8-6-4-3-5-7-14-24/h12,19-20H,3-11,13-17H2,1-2H3. The summed E-state index contributed by atoms with van der Waals surface area (Å²) >= 11 is 5.64. The van der Waals surface area contributed by atoms with Gasteiger partial charge >= 0.3 is 11.9 Å². The van der Waals surface area contributed by atoms with E-state index in [2.05, 4.69) is 19.9 Å². The Morgan fingerprint density at radius 1 is 1.00 bits per heavy atom. The van der Waals surface area contributed by atoms with E-state index in [0.717, 1.165) is 43.9 Å². The molecule has 2 bridgehead atoms. The maximum Gasteiger partial charge on any atom is 0.306 e. The molecule has 160 valence electrons. The normalized spacial score (nSPS) is 22.2. The molecular formula is C23H37ClO4. The molecule has 0 heterocycles. The van der Waals surface area contributed by atoms with E-state index >= 15 is 0 Å². The number of halogens is 1. The van der Waals surface area contributed by atoms with Crippen LogP contribution in [0.3, 0.4) is 0 Å². The summed E-state index contributed by atoms with van der Waals surface area (Å²) in [7, 11) is 0. The van der Waals surface area contributed by atoms with E-state index < -0.39 is 0 Å². The molecule has 28 heavy (non-hydrogen) atoms. The first-order chi connectivity index (χ1) is 13.4. The molecule has 1 fully saturated rings. The van der Waals surface area contributed by atoms with Crippen molar-refractivity contribution in [1.82, 2.24) is 0 Å². The van der Waals surface area contributed by atoms with Gasteiger partial charge in [-0.25, -0.2) is 0 Å². The maximum absolute atomic E-state index is 11.9. The number of carbonyl (C=O) groups is 2. The number of hydrogen-bond acceptors (Lipinski definition) is 4. The van der Waals surface area contributed by atoms with Crippen molar-refractivity contribution in [3.8, 4) is 0 Å². The highest BCUT2D eigenvalue weighted by molar-refractivity contribution is 6.17. The Morgan fingerprint density at radius 2 is 1.64 bits per heavy atom. The predicted octanol–water partition coefficient (Wildman–Crippen LogP) is 5.81. The van der Waals surface area contributed by atoms with Crippen LogP contribution in [0.4, 0.5) is 0 Å². The third-order valence-corrected chi connectivity index (χ3v) is 6.80. The van der Waals surface area contributed by atoms with Gasteiger partial charge in [-0.1, -0.05) is 45.6 Å². The zero-order valence-electron chi connectivity index (χ0n) is 17.6. The van der Waals surface area contributed by atoms with Crippen LogP contribution in [0.15, 0.2) is 11.6 Å². The summed E-state index contributed by atoms with van der Waals surface area (Å²) in [5, 5.41) is 0. The van der Waals surface area contributed by atoms with Gasteiger partial charge in [-0.15, -0.1) is 11.6 Å². The van der Waals surface area contributed by atoms with Gasteiger partial charge in [-0.2, -0.15) is 0 Å². The van der Waals surface area contributed by atoms with Crippen molar-refractivity contribution in [3.05, 3.63) is 11.6 Å². The van der Waals surface area contributed by atoms with Crippen molar-refractivity contribution in [2.24, 2.45) is 17.3 Å². The molecule has 1 saturated carbocycles. The largest absolute Gasteiger partial charge is 0.466 e. The predicted molar refractivity (Wildman–Crippen MR) is 112 cm³/mol. The van der Waals surface area contributed by atoms with E-state index in [-0.39, 0.29) is 24.8 Å². The molecule has 4 nitrogen and oxygen atoms in total. The summed E-state index contributed by atoms with van der Waals surface area (Å²) in [6.45, 7) is 5.52. The molecule has 2 atom stereocenters. The molecule has 0 aromatic heterocycles. The second-order valence-electron chi connectivity index (χ2n) is 8.87. The Morgan fingerprint density at radius 3 is 2.29 bits per heavy atom. The minimum atomic E-state index is -0.218. The van der Waals surface area contributed by atoms with Crippen LogP contribution in [-0.2, 0) is 19.1 Å². The van der Waals surface area contributed by atoms with Gasteiger partial charge in [0.15, 0.2) is 0 Å². The lowest BCUT2D eigenvalue weighted by Gasteiger charge is -2.56. The number of esters is 2. The van der Waals surface area contributed by atoms with Crippen LogP contribution in [0, 0.1) is 17.3 Å². The summed E-state index contributed by atoms with van der Waals surface area (Å²) in [5.41, 5.74) is 1.63. The third kappa shape index (κ3) is 7.09. The summed E-state index contributed by atoms with van der Waals surface area (Å²) in [4.78, 5) is 23.7. The molecule has 0 radical (unpaired) electrons. The Balaban J connectivity index is 1.45. The van der Waals surface area contributed by atoms with Crippen LogP contribution in [0.2, 0.25) is 0 Å². The van der Waals surface area contributed by atoms with Gasteiger partial charge in [0.05, 0.1) is 6.61 Å². The van der Waals surface area contributed by atoms with Crippen molar-refractivity contribution >= 4 is 23.5 Å². The summed E-state index contributed by atoms with van der Waals surface area (Å²) in [5.74, 6) is 1.66. The summed E-state index contributed by atoms with van der Waals surface area (Å²) in [6.07, 6.45) is 12.2. The smallest absolute Gasteiger partial charge is 0.306 e. The monoisotopic (exact) mass is 412 g/mol. The second kappa shape index (κ2) is 11.8. The van der Waals surface area contributed by atoms with Crippen molar-refractivity contribution in [2.75, 3.05) is 19.1 Å². The van der Waals surface area contributed by atoms with Crippen LogP contribution in [0.25, 0.3) is 0 Å². The Hall–Kier alpha value is -1.03. The zero-order chi connectivity index (χ0) is 20.4. The van der Waals surface area contributed by atoms with Crippen molar-refractivity contribution in [2.45, 2.75) is 84.5 Å². The lowest BCUT2D eigenvalue weighted by molar-refractivity contribution is -0.145. The highest BCUT2D eigenvalue weighted by atomic mass is 35.5. The fraction of sp³-hybridized carbons (Fsp3) is 0.826. The number of alkyl halides is 1. The molecule has 3 aliphatic rings. The fourth-order valence-electron chi connectivity index (χ4n) is 4.42. The van der Waals surface area contributed by atoms with Crippen molar-refractivity contribution < 1.29 is 19.1 Å². The van der Waals surface area contributed by atoms with E-state index in [0.29, 0.717) is 31.0 Å². The highest BCUT2D eigenvalue weighted by Gasteiger charge is 2.51. The lowest BCUT2D eigenvalue weighted by Crippen LogP contribution is -2.48. The molecule has 3 aliphatic carbocycles. The van der Waals surface area contributed by atoms with Crippen LogP contribution in [0.1, 0.15) is 84.5 Å².